The normalized spacial score (nSPS) is 17.1. The van der Waals surface area contributed by atoms with Crippen LogP contribution in [0.3, 0.4) is 0 Å². The number of nitrogens with two attached hydrogens (primary N) is 1. The number of rotatable bonds is 4. The summed E-state index contributed by atoms with van der Waals surface area (Å²) in [5, 5.41) is 9.62. The zero-order chi connectivity index (χ0) is 11.4. The van der Waals surface area contributed by atoms with Gasteiger partial charge < -0.3 is 10.8 Å². The van der Waals surface area contributed by atoms with Crippen LogP contribution in [0.25, 0.3) is 0 Å². The molecule has 3 N–H and O–H groups in total. The summed E-state index contributed by atoms with van der Waals surface area (Å²) < 4.78 is 0. The van der Waals surface area contributed by atoms with Crippen LogP contribution >= 0.6 is 11.8 Å². The molecule has 0 saturated carbocycles. The number of hydrogen-bond acceptors (Lipinski definition) is 3. The second kappa shape index (κ2) is 5.54. The molecule has 2 nitrogen and oxygen atoms in total. The summed E-state index contributed by atoms with van der Waals surface area (Å²) in [6, 6.07) is 8.24. The average Bonchev–Trinajstić information content (AvgIpc) is 2.18. The molecule has 1 aromatic rings. The quantitative estimate of drug-likeness (QED) is 0.774. The zero-order valence-electron chi connectivity index (χ0n) is 9.47. The van der Waals surface area contributed by atoms with Crippen molar-refractivity contribution in [2.45, 2.75) is 43.1 Å². The molecule has 0 aliphatic rings. The highest BCUT2D eigenvalue weighted by atomic mass is 32.2. The van der Waals surface area contributed by atoms with Gasteiger partial charge >= 0.3 is 0 Å². The molecule has 0 radical (unpaired) electrons. The van der Waals surface area contributed by atoms with E-state index in [-0.39, 0.29) is 17.4 Å². The van der Waals surface area contributed by atoms with Gasteiger partial charge in [0.05, 0.1) is 6.10 Å². The highest BCUT2D eigenvalue weighted by Crippen LogP contribution is 2.26. The summed E-state index contributed by atoms with van der Waals surface area (Å²) in [6.45, 7) is 5.81. The fraction of sp³-hybridized carbons (Fsp3) is 0.500. The SMILES string of the molecule is CC(N)c1cccc(SC(C)C(C)O)c1. The number of benzene rings is 1. The Morgan fingerprint density at radius 2 is 1.93 bits per heavy atom. The molecule has 0 spiro atoms. The van der Waals surface area contributed by atoms with Crippen molar-refractivity contribution in [3.05, 3.63) is 29.8 Å². The van der Waals surface area contributed by atoms with Gasteiger partial charge in [-0.1, -0.05) is 19.1 Å². The van der Waals surface area contributed by atoms with Crippen LogP contribution in [0.4, 0.5) is 0 Å². The third-order valence-electron chi connectivity index (χ3n) is 2.39. The van der Waals surface area contributed by atoms with Crippen molar-refractivity contribution in [2.75, 3.05) is 0 Å². The van der Waals surface area contributed by atoms with Gasteiger partial charge in [-0.25, -0.2) is 0 Å². The van der Waals surface area contributed by atoms with Crippen LogP contribution in [-0.4, -0.2) is 16.5 Å². The van der Waals surface area contributed by atoms with Gasteiger partial charge in [0.1, 0.15) is 0 Å². The molecule has 0 amide bonds. The van der Waals surface area contributed by atoms with E-state index in [2.05, 4.69) is 12.1 Å². The molecule has 0 saturated heterocycles. The third-order valence-corrected chi connectivity index (χ3v) is 3.68. The number of aliphatic hydroxyl groups excluding tert-OH is 1. The molecular formula is C12H19NOS. The van der Waals surface area contributed by atoms with E-state index in [1.54, 1.807) is 11.8 Å². The zero-order valence-corrected chi connectivity index (χ0v) is 10.3. The monoisotopic (exact) mass is 225 g/mol. The molecule has 1 rings (SSSR count). The topological polar surface area (TPSA) is 46.2 Å². The van der Waals surface area contributed by atoms with Crippen molar-refractivity contribution < 1.29 is 5.11 Å². The molecule has 0 aliphatic heterocycles. The summed E-state index contributed by atoms with van der Waals surface area (Å²) in [6.07, 6.45) is -0.297. The van der Waals surface area contributed by atoms with E-state index in [4.69, 9.17) is 5.73 Å². The number of thioether (sulfide) groups is 1. The van der Waals surface area contributed by atoms with Crippen molar-refractivity contribution in [3.8, 4) is 0 Å². The molecule has 3 atom stereocenters. The predicted molar refractivity (Wildman–Crippen MR) is 66.0 cm³/mol. The number of hydrogen-bond donors (Lipinski definition) is 2. The maximum atomic E-state index is 9.42. The van der Waals surface area contributed by atoms with Crippen LogP contribution in [0.2, 0.25) is 0 Å². The molecule has 3 heteroatoms. The maximum Gasteiger partial charge on any atom is 0.0631 e. The second-order valence-corrected chi connectivity index (χ2v) is 5.38. The minimum absolute atomic E-state index is 0.0624. The van der Waals surface area contributed by atoms with E-state index in [0.29, 0.717) is 0 Å². The van der Waals surface area contributed by atoms with Gasteiger partial charge in [0.25, 0.3) is 0 Å². The van der Waals surface area contributed by atoms with E-state index in [9.17, 15) is 5.11 Å². The van der Waals surface area contributed by atoms with E-state index in [0.717, 1.165) is 5.56 Å². The fourth-order valence-corrected chi connectivity index (χ4v) is 2.17. The molecule has 3 unspecified atom stereocenters. The minimum atomic E-state index is -0.297. The summed E-state index contributed by atoms with van der Waals surface area (Å²) >= 11 is 1.68. The summed E-state index contributed by atoms with van der Waals surface area (Å²) in [7, 11) is 0. The lowest BCUT2D eigenvalue weighted by Crippen LogP contribution is -2.14. The third kappa shape index (κ3) is 3.86. The Labute approximate surface area is 95.9 Å². The van der Waals surface area contributed by atoms with Crippen LogP contribution in [0.1, 0.15) is 32.4 Å². The first kappa shape index (κ1) is 12.6. The fourth-order valence-electron chi connectivity index (χ4n) is 1.18. The molecule has 0 heterocycles. The Balaban J connectivity index is 2.73. The van der Waals surface area contributed by atoms with E-state index >= 15 is 0 Å². The highest BCUT2D eigenvalue weighted by Gasteiger charge is 2.10. The van der Waals surface area contributed by atoms with Gasteiger partial charge in [0, 0.05) is 16.2 Å². The molecule has 0 bridgehead atoms. The largest absolute Gasteiger partial charge is 0.392 e. The smallest absolute Gasteiger partial charge is 0.0631 e. The predicted octanol–water partition coefficient (Wildman–Crippen LogP) is 2.57. The van der Waals surface area contributed by atoms with Crippen LogP contribution in [0.15, 0.2) is 29.2 Å². The van der Waals surface area contributed by atoms with Gasteiger partial charge in [0.15, 0.2) is 0 Å². The van der Waals surface area contributed by atoms with Crippen LogP contribution < -0.4 is 5.73 Å². The van der Waals surface area contributed by atoms with Gasteiger partial charge in [-0.05, 0) is 31.5 Å². The minimum Gasteiger partial charge on any atom is -0.392 e. The first-order valence-corrected chi connectivity index (χ1v) is 6.09. The second-order valence-electron chi connectivity index (χ2n) is 3.92. The Morgan fingerprint density at radius 3 is 2.47 bits per heavy atom. The first-order chi connectivity index (χ1) is 7.00. The Morgan fingerprint density at radius 1 is 1.27 bits per heavy atom. The van der Waals surface area contributed by atoms with Gasteiger partial charge in [-0.2, -0.15) is 0 Å². The summed E-state index contributed by atoms with van der Waals surface area (Å²) in [5.41, 5.74) is 6.95. The number of aliphatic hydroxyl groups is 1. The molecular weight excluding hydrogens is 206 g/mol. The molecule has 84 valence electrons. The molecule has 15 heavy (non-hydrogen) atoms. The van der Waals surface area contributed by atoms with Crippen molar-refractivity contribution in [3.63, 3.8) is 0 Å². The Kier molecular flexibility index (Phi) is 4.64. The van der Waals surface area contributed by atoms with E-state index < -0.39 is 0 Å². The van der Waals surface area contributed by atoms with Gasteiger partial charge in [0.2, 0.25) is 0 Å². The lowest BCUT2D eigenvalue weighted by atomic mass is 10.1. The van der Waals surface area contributed by atoms with Crippen molar-refractivity contribution in [1.82, 2.24) is 0 Å². The standard InChI is InChI=1S/C12H19NOS/c1-8(13)11-5-4-6-12(7-11)15-10(3)9(2)14/h4-10,14H,13H2,1-3H3. The highest BCUT2D eigenvalue weighted by molar-refractivity contribution is 8.00. The van der Waals surface area contributed by atoms with Crippen molar-refractivity contribution >= 4 is 11.8 Å². The molecule has 0 fully saturated rings. The van der Waals surface area contributed by atoms with E-state index in [1.807, 2.05) is 32.9 Å². The Hall–Kier alpha value is -0.510. The maximum absolute atomic E-state index is 9.42. The van der Waals surface area contributed by atoms with Crippen LogP contribution in [-0.2, 0) is 0 Å². The van der Waals surface area contributed by atoms with E-state index in [1.165, 1.54) is 4.90 Å². The van der Waals surface area contributed by atoms with Crippen LogP contribution in [0, 0.1) is 0 Å². The molecule has 1 aromatic carbocycles. The molecule has 0 aromatic heterocycles. The average molecular weight is 225 g/mol. The van der Waals surface area contributed by atoms with Crippen molar-refractivity contribution in [2.24, 2.45) is 5.73 Å². The summed E-state index contributed by atoms with van der Waals surface area (Å²) in [5.74, 6) is 0. The van der Waals surface area contributed by atoms with Crippen molar-refractivity contribution in [1.29, 1.82) is 0 Å². The summed E-state index contributed by atoms with van der Waals surface area (Å²) in [4.78, 5) is 1.17. The van der Waals surface area contributed by atoms with Gasteiger partial charge in [-0.3, -0.25) is 0 Å². The first-order valence-electron chi connectivity index (χ1n) is 5.21. The molecule has 0 aliphatic carbocycles. The lowest BCUT2D eigenvalue weighted by molar-refractivity contribution is 0.196. The Bertz CT molecular complexity index is 312. The van der Waals surface area contributed by atoms with Gasteiger partial charge in [-0.15, -0.1) is 11.8 Å². The van der Waals surface area contributed by atoms with Crippen LogP contribution in [0.5, 0.6) is 0 Å². The lowest BCUT2D eigenvalue weighted by Gasteiger charge is -2.15.